The van der Waals surface area contributed by atoms with E-state index < -0.39 is 11.2 Å². The molecule has 0 fully saturated rings. The molecular weight excluding hydrogens is 490 g/mol. The van der Waals surface area contributed by atoms with Crippen LogP contribution < -0.4 is 21.3 Å². The molecule has 1 amide bonds. The van der Waals surface area contributed by atoms with Crippen LogP contribution in [0.25, 0.3) is 10.2 Å². The third-order valence-corrected chi connectivity index (χ3v) is 6.86. The van der Waals surface area contributed by atoms with E-state index in [0.717, 1.165) is 10.1 Å². The fourth-order valence-electron chi connectivity index (χ4n) is 3.79. The molecule has 10 heteroatoms. The Balaban J connectivity index is 1.61. The maximum atomic E-state index is 13.4. The SMILES string of the molecule is COc1ccc(C=O)cc1Cn1c(=O)n(CCC(=O)NCc2ccccc2Cl)c(=O)c2sccc21. The van der Waals surface area contributed by atoms with Crippen LogP contribution in [-0.2, 0) is 24.4 Å². The topological polar surface area (TPSA) is 99.4 Å². The lowest BCUT2D eigenvalue weighted by Crippen LogP contribution is -2.40. The van der Waals surface area contributed by atoms with Crippen molar-refractivity contribution >= 4 is 45.3 Å². The van der Waals surface area contributed by atoms with E-state index in [-0.39, 0.29) is 32.0 Å². The van der Waals surface area contributed by atoms with Crippen LogP contribution >= 0.6 is 22.9 Å². The highest BCUT2D eigenvalue weighted by atomic mass is 35.5. The lowest BCUT2D eigenvalue weighted by molar-refractivity contribution is -0.121. The van der Waals surface area contributed by atoms with Gasteiger partial charge in [-0.3, -0.25) is 23.5 Å². The van der Waals surface area contributed by atoms with E-state index in [9.17, 15) is 19.2 Å². The number of halogens is 1. The van der Waals surface area contributed by atoms with Crippen molar-refractivity contribution in [1.82, 2.24) is 14.5 Å². The molecule has 2 aromatic carbocycles. The van der Waals surface area contributed by atoms with E-state index in [1.807, 2.05) is 12.1 Å². The zero-order chi connectivity index (χ0) is 24.9. The number of carbonyl (C=O) groups excluding carboxylic acids is 2. The van der Waals surface area contributed by atoms with Gasteiger partial charge in [-0.1, -0.05) is 29.8 Å². The van der Waals surface area contributed by atoms with Crippen molar-refractivity contribution in [1.29, 1.82) is 0 Å². The molecule has 2 heterocycles. The number of nitrogens with one attached hydrogen (secondary N) is 1. The number of aromatic nitrogens is 2. The van der Waals surface area contributed by atoms with Crippen LogP contribution in [0.15, 0.2) is 63.5 Å². The Bertz CT molecular complexity index is 1520. The molecule has 0 radical (unpaired) electrons. The van der Waals surface area contributed by atoms with Gasteiger partial charge in [0, 0.05) is 35.7 Å². The number of hydrogen-bond donors (Lipinski definition) is 1. The first-order valence-electron chi connectivity index (χ1n) is 10.8. The number of carbonyl (C=O) groups is 2. The van der Waals surface area contributed by atoms with Gasteiger partial charge in [0.15, 0.2) is 0 Å². The quantitative estimate of drug-likeness (QED) is 0.347. The van der Waals surface area contributed by atoms with Crippen LogP contribution in [0.1, 0.15) is 27.9 Å². The summed E-state index contributed by atoms with van der Waals surface area (Å²) in [6.07, 6.45) is 0.661. The highest BCUT2D eigenvalue weighted by Crippen LogP contribution is 2.22. The van der Waals surface area contributed by atoms with Gasteiger partial charge in [-0.05, 0) is 41.3 Å². The summed E-state index contributed by atoms with van der Waals surface area (Å²) in [5.41, 5.74) is 1.34. The summed E-state index contributed by atoms with van der Waals surface area (Å²) in [4.78, 5) is 50.1. The highest BCUT2D eigenvalue weighted by Gasteiger charge is 2.17. The normalized spacial score (nSPS) is 10.9. The Labute approximate surface area is 209 Å². The molecule has 4 rings (SSSR count). The second kappa shape index (κ2) is 10.7. The number of thiophene rings is 1. The maximum absolute atomic E-state index is 13.4. The van der Waals surface area contributed by atoms with Crippen molar-refractivity contribution in [3.8, 4) is 5.75 Å². The number of amides is 1. The minimum absolute atomic E-state index is 0.0551. The van der Waals surface area contributed by atoms with Crippen molar-refractivity contribution in [2.75, 3.05) is 7.11 Å². The number of ether oxygens (including phenoxy) is 1. The second-order valence-electron chi connectivity index (χ2n) is 7.77. The molecule has 0 aliphatic carbocycles. The van der Waals surface area contributed by atoms with Gasteiger partial charge in [0.05, 0.1) is 19.2 Å². The zero-order valence-corrected chi connectivity index (χ0v) is 20.4. The molecule has 0 aliphatic heterocycles. The lowest BCUT2D eigenvalue weighted by atomic mass is 10.1. The van der Waals surface area contributed by atoms with Crippen LogP contribution in [0.5, 0.6) is 5.75 Å². The molecule has 0 atom stereocenters. The van der Waals surface area contributed by atoms with Crippen LogP contribution in [0.3, 0.4) is 0 Å². The maximum Gasteiger partial charge on any atom is 0.331 e. The second-order valence-corrected chi connectivity index (χ2v) is 9.09. The molecule has 8 nitrogen and oxygen atoms in total. The van der Waals surface area contributed by atoms with Crippen molar-refractivity contribution in [3.63, 3.8) is 0 Å². The van der Waals surface area contributed by atoms with Gasteiger partial charge in [0.2, 0.25) is 5.91 Å². The summed E-state index contributed by atoms with van der Waals surface area (Å²) >= 11 is 7.35. The van der Waals surface area contributed by atoms with Crippen molar-refractivity contribution in [2.24, 2.45) is 0 Å². The Kier molecular flexibility index (Phi) is 7.48. The average Bonchev–Trinajstić information content (AvgIpc) is 3.36. The highest BCUT2D eigenvalue weighted by molar-refractivity contribution is 7.17. The molecule has 2 aromatic heterocycles. The van der Waals surface area contributed by atoms with Crippen LogP contribution in [0.4, 0.5) is 0 Å². The standard InChI is InChI=1S/C25H22ClN3O5S/c1-34-21-7-6-16(15-30)12-18(21)14-29-20-9-11-35-23(20)24(32)28(25(29)33)10-8-22(31)27-13-17-4-2-3-5-19(17)26/h2-7,9,11-12,15H,8,10,13-14H2,1H3,(H,27,31). The molecule has 1 N–H and O–H groups in total. The lowest BCUT2D eigenvalue weighted by Gasteiger charge is -2.14. The van der Waals surface area contributed by atoms with E-state index >= 15 is 0 Å². The number of nitrogens with zero attached hydrogens (tertiary/aromatic N) is 2. The fraction of sp³-hybridized carbons (Fsp3) is 0.200. The van der Waals surface area contributed by atoms with Crippen LogP contribution in [0.2, 0.25) is 5.02 Å². The Morgan fingerprint density at radius 2 is 1.91 bits per heavy atom. The van der Waals surface area contributed by atoms with E-state index in [1.54, 1.807) is 41.8 Å². The summed E-state index contributed by atoms with van der Waals surface area (Å²) in [6, 6.07) is 13.8. The van der Waals surface area contributed by atoms with E-state index in [0.29, 0.717) is 38.4 Å². The largest absolute Gasteiger partial charge is 0.496 e. The summed E-state index contributed by atoms with van der Waals surface area (Å²) in [6.45, 7) is 0.260. The third-order valence-electron chi connectivity index (χ3n) is 5.60. The van der Waals surface area contributed by atoms with Gasteiger partial charge in [-0.25, -0.2) is 4.79 Å². The first-order chi connectivity index (χ1) is 16.9. The van der Waals surface area contributed by atoms with Gasteiger partial charge < -0.3 is 10.1 Å². The minimum atomic E-state index is -0.543. The van der Waals surface area contributed by atoms with Crippen LogP contribution in [-0.4, -0.2) is 28.4 Å². The first kappa shape index (κ1) is 24.4. The van der Waals surface area contributed by atoms with Gasteiger partial charge in [0.1, 0.15) is 16.7 Å². The molecule has 4 aromatic rings. The van der Waals surface area contributed by atoms with Gasteiger partial charge in [-0.2, -0.15) is 0 Å². The molecule has 0 spiro atoms. The number of benzene rings is 2. The van der Waals surface area contributed by atoms with E-state index in [4.69, 9.17) is 16.3 Å². The third kappa shape index (κ3) is 5.21. The molecule has 0 bridgehead atoms. The molecule has 0 saturated heterocycles. The molecule has 180 valence electrons. The Morgan fingerprint density at radius 1 is 1.11 bits per heavy atom. The number of methoxy groups -OCH3 is 1. The number of hydrogen-bond acceptors (Lipinski definition) is 6. The molecule has 0 aliphatic rings. The monoisotopic (exact) mass is 511 g/mol. The molecular formula is C25H22ClN3O5S. The van der Waals surface area contributed by atoms with Gasteiger partial charge in [-0.15, -0.1) is 11.3 Å². The zero-order valence-electron chi connectivity index (χ0n) is 18.8. The Morgan fingerprint density at radius 3 is 2.66 bits per heavy atom. The summed E-state index contributed by atoms with van der Waals surface area (Å²) in [5.74, 6) is 0.206. The first-order valence-corrected chi connectivity index (χ1v) is 12.0. The Hall–Kier alpha value is -3.69. The van der Waals surface area contributed by atoms with Gasteiger partial charge in [0.25, 0.3) is 5.56 Å². The number of fused-ring (bicyclic) bond motifs is 1. The summed E-state index contributed by atoms with van der Waals surface area (Å²) < 4.78 is 8.34. The number of aldehydes is 1. The van der Waals surface area contributed by atoms with Crippen molar-refractivity contribution in [3.05, 3.63) is 96.5 Å². The van der Waals surface area contributed by atoms with Crippen molar-refractivity contribution in [2.45, 2.75) is 26.1 Å². The number of rotatable bonds is 9. The van der Waals surface area contributed by atoms with Crippen molar-refractivity contribution < 1.29 is 14.3 Å². The summed E-state index contributed by atoms with van der Waals surface area (Å²) in [7, 11) is 1.50. The molecule has 0 unspecified atom stereocenters. The minimum Gasteiger partial charge on any atom is -0.496 e. The van der Waals surface area contributed by atoms with Crippen LogP contribution in [0, 0.1) is 0 Å². The summed E-state index contributed by atoms with van der Waals surface area (Å²) in [5, 5.41) is 5.05. The van der Waals surface area contributed by atoms with E-state index in [2.05, 4.69) is 5.32 Å². The molecule has 35 heavy (non-hydrogen) atoms. The predicted octanol–water partition coefficient (Wildman–Crippen LogP) is 3.45. The van der Waals surface area contributed by atoms with Gasteiger partial charge >= 0.3 is 5.69 Å². The van der Waals surface area contributed by atoms with E-state index in [1.165, 1.54) is 23.0 Å². The smallest absolute Gasteiger partial charge is 0.331 e. The molecule has 0 saturated carbocycles. The predicted molar refractivity (Wildman–Crippen MR) is 136 cm³/mol. The average molecular weight is 512 g/mol. The fourth-order valence-corrected chi connectivity index (χ4v) is 4.83.